The zero-order valence-corrected chi connectivity index (χ0v) is 10.1. The lowest BCUT2D eigenvalue weighted by Gasteiger charge is -2.13. The van der Waals surface area contributed by atoms with Gasteiger partial charge in [0.1, 0.15) is 0 Å². The van der Waals surface area contributed by atoms with Gasteiger partial charge in [0.05, 0.1) is 12.2 Å². The molecule has 2 unspecified atom stereocenters. The van der Waals surface area contributed by atoms with Crippen molar-refractivity contribution in [3.63, 3.8) is 0 Å². The van der Waals surface area contributed by atoms with Gasteiger partial charge in [-0.05, 0) is 46.1 Å². The van der Waals surface area contributed by atoms with E-state index < -0.39 is 0 Å². The van der Waals surface area contributed by atoms with Gasteiger partial charge in [-0.15, -0.1) is 0 Å². The molecule has 1 aliphatic rings. The summed E-state index contributed by atoms with van der Waals surface area (Å²) in [7, 11) is 0. The van der Waals surface area contributed by atoms with E-state index in [0.717, 1.165) is 26.3 Å². The molecule has 0 aromatic heterocycles. The highest BCUT2D eigenvalue weighted by Crippen LogP contribution is 2.16. The van der Waals surface area contributed by atoms with Crippen LogP contribution in [0.25, 0.3) is 0 Å². The maximum absolute atomic E-state index is 5.57. The predicted octanol–water partition coefficient (Wildman–Crippen LogP) is 1.96. The van der Waals surface area contributed by atoms with E-state index in [-0.39, 0.29) is 0 Å². The SMILES string of the molecule is CCOC(C)CNCCCC1CCCO1. The molecule has 1 fully saturated rings. The molecule has 90 valence electrons. The molecule has 1 rings (SSSR count). The number of nitrogens with one attached hydrogen (secondary N) is 1. The molecule has 1 saturated heterocycles. The van der Waals surface area contributed by atoms with Crippen LogP contribution in [-0.2, 0) is 9.47 Å². The standard InChI is InChI=1S/C12H25NO2/c1-3-14-11(2)10-13-8-4-6-12-7-5-9-15-12/h11-13H,3-10H2,1-2H3. The van der Waals surface area contributed by atoms with Crippen LogP contribution in [0, 0.1) is 0 Å². The molecular weight excluding hydrogens is 190 g/mol. The van der Waals surface area contributed by atoms with E-state index in [1.165, 1.54) is 25.7 Å². The molecular formula is C12H25NO2. The summed E-state index contributed by atoms with van der Waals surface area (Å²) in [5.41, 5.74) is 0. The number of rotatable bonds is 8. The summed E-state index contributed by atoms with van der Waals surface area (Å²) in [6.07, 6.45) is 5.79. The topological polar surface area (TPSA) is 30.5 Å². The summed E-state index contributed by atoms with van der Waals surface area (Å²) < 4.78 is 11.0. The number of hydrogen-bond acceptors (Lipinski definition) is 3. The van der Waals surface area contributed by atoms with Crippen molar-refractivity contribution < 1.29 is 9.47 Å². The molecule has 0 aliphatic carbocycles. The van der Waals surface area contributed by atoms with E-state index in [0.29, 0.717) is 12.2 Å². The second-order valence-electron chi connectivity index (χ2n) is 4.25. The second-order valence-corrected chi connectivity index (χ2v) is 4.25. The summed E-state index contributed by atoms with van der Waals surface area (Å²) in [6, 6.07) is 0. The zero-order chi connectivity index (χ0) is 10.9. The van der Waals surface area contributed by atoms with E-state index >= 15 is 0 Å². The van der Waals surface area contributed by atoms with Gasteiger partial charge in [0.2, 0.25) is 0 Å². The molecule has 15 heavy (non-hydrogen) atoms. The van der Waals surface area contributed by atoms with Crippen LogP contribution in [0.5, 0.6) is 0 Å². The Bertz CT molecular complexity index is 147. The quantitative estimate of drug-likeness (QED) is 0.628. The van der Waals surface area contributed by atoms with Gasteiger partial charge in [0.25, 0.3) is 0 Å². The first kappa shape index (κ1) is 12.9. The fourth-order valence-corrected chi connectivity index (χ4v) is 1.98. The van der Waals surface area contributed by atoms with E-state index in [2.05, 4.69) is 12.2 Å². The Morgan fingerprint density at radius 2 is 2.40 bits per heavy atom. The third kappa shape index (κ3) is 6.13. The Labute approximate surface area is 93.5 Å². The molecule has 3 nitrogen and oxygen atoms in total. The Balaban J connectivity index is 1.84. The van der Waals surface area contributed by atoms with Crippen LogP contribution in [0.1, 0.15) is 39.5 Å². The van der Waals surface area contributed by atoms with Crippen LogP contribution in [-0.4, -0.2) is 38.5 Å². The Kier molecular flexibility index (Phi) is 6.98. The normalized spacial score (nSPS) is 23.2. The van der Waals surface area contributed by atoms with E-state index in [9.17, 15) is 0 Å². The minimum absolute atomic E-state index is 0.331. The van der Waals surface area contributed by atoms with Gasteiger partial charge in [-0.3, -0.25) is 0 Å². The van der Waals surface area contributed by atoms with E-state index in [1.54, 1.807) is 0 Å². The van der Waals surface area contributed by atoms with Gasteiger partial charge in [-0.2, -0.15) is 0 Å². The molecule has 0 spiro atoms. The molecule has 0 amide bonds. The Hall–Kier alpha value is -0.120. The minimum Gasteiger partial charge on any atom is -0.378 e. The third-order valence-electron chi connectivity index (χ3n) is 2.79. The largest absolute Gasteiger partial charge is 0.378 e. The molecule has 0 saturated carbocycles. The first-order valence-corrected chi connectivity index (χ1v) is 6.27. The van der Waals surface area contributed by atoms with Crippen LogP contribution in [0.15, 0.2) is 0 Å². The number of hydrogen-bond donors (Lipinski definition) is 1. The van der Waals surface area contributed by atoms with Crippen molar-refractivity contribution in [3.8, 4) is 0 Å². The van der Waals surface area contributed by atoms with Crippen molar-refractivity contribution in [1.29, 1.82) is 0 Å². The molecule has 0 radical (unpaired) electrons. The first-order valence-electron chi connectivity index (χ1n) is 6.27. The third-order valence-corrected chi connectivity index (χ3v) is 2.79. The van der Waals surface area contributed by atoms with Gasteiger partial charge >= 0.3 is 0 Å². The summed E-state index contributed by atoms with van der Waals surface area (Å²) in [4.78, 5) is 0. The fraction of sp³-hybridized carbons (Fsp3) is 1.00. The maximum Gasteiger partial charge on any atom is 0.0671 e. The van der Waals surface area contributed by atoms with Crippen molar-refractivity contribution in [2.24, 2.45) is 0 Å². The maximum atomic E-state index is 5.57. The van der Waals surface area contributed by atoms with Crippen molar-refractivity contribution >= 4 is 0 Å². The second kappa shape index (κ2) is 8.08. The summed E-state index contributed by atoms with van der Waals surface area (Å²) in [5.74, 6) is 0. The van der Waals surface area contributed by atoms with Crippen molar-refractivity contribution in [1.82, 2.24) is 5.32 Å². The van der Waals surface area contributed by atoms with Gasteiger partial charge < -0.3 is 14.8 Å². The average Bonchev–Trinajstić information content (AvgIpc) is 2.70. The lowest BCUT2D eigenvalue weighted by Crippen LogP contribution is -2.28. The summed E-state index contributed by atoms with van der Waals surface area (Å²) in [5, 5.41) is 3.41. The Morgan fingerprint density at radius 1 is 1.53 bits per heavy atom. The van der Waals surface area contributed by atoms with Crippen LogP contribution in [0.3, 0.4) is 0 Å². The highest BCUT2D eigenvalue weighted by atomic mass is 16.5. The van der Waals surface area contributed by atoms with Gasteiger partial charge in [0, 0.05) is 19.8 Å². The molecule has 1 heterocycles. The smallest absolute Gasteiger partial charge is 0.0671 e. The first-order chi connectivity index (χ1) is 7.33. The average molecular weight is 215 g/mol. The zero-order valence-electron chi connectivity index (χ0n) is 10.1. The molecule has 2 atom stereocenters. The summed E-state index contributed by atoms with van der Waals surface area (Å²) in [6.45, 7) is 7.96. The van der Waals surface area contributed by atoms with Crippen molar-refractivity contribution in [2.45, 2.75) is 51.7 Å². The number of ether oxygens (including phenoxy) is 2. The fourth-order valence-electron chi connectivity index (χ4n) is 1.98. The van der Waals surface area contributed by atoms with Gasteiger partial charge in [-0.1, -0.05) is 0 Å². The van der Waals surface area contributed by atoms with Crippen molar-refractivity contribution in [3.05, 3.63) is 0 Å². The highest BCUT2D eigenvalue weighted by molar-refractivity contribution is 4.65. The molecule has 1 N–H and O–H groups in total. The minimum atomic E-state index is 0.331. The van der Waals surface area contributed by atoms with Crippen LogP contribution < -0.4 is 5.32 Å². The summed E-state index contributed by atoms with van der Waals surface area (Å²) >= 11 is 0. The lowest BCUT2D eigenvalue weighted by molar-refractivity contribution is 0.0753. The molecule has 0 aromatic rings. The molecule has 0 aromatic carbocycles. The van der Waals surface area contributed by atoms with Gasteiger partial charge in [-0.25, -0.2) is 0 Å². The monoisotopic (exact) mass is 215 g/mol. The van der Waals surface area contributed by atoms with E-state index in [1.807, 2.05) is 6.92 Å². The Morgan fingerprint density at radius 3 is 3.07 bits per heavy atom. The molecule has 3 heteroatoms. The van der Waals surface area contributed by atoms with Crippen LogP contribution in [0.4, 0.5) is 0 Å². The van der Waals surface area contributed by atoms with E-state index in [4.69, 9.17) is 9.47 Å². The van der Waals surface area contributed by atoms with Crippen LogP contribution in [0.2, 0.25) is 0 Å². The lowest BCUT2D eigenvalue weighted by atomic mass is 10.1. The predicted molar refractivity (Wildman–Crippen MR) is 62.2 cm³/mol. The van der Waals surface area contributed by atoms with Gasteiger partial charge in [0.15, 0.2) is 0 Å². The molecule has 0 bridgehead atoms. The molecule has 1 aliphatic heterocycles. The highest BCUT2D eigenvalue weighted by Gasteiger charge is 2.14. The van der Waals surface area contributed by atoms with Crippen LogP contribution >= 0.6 is 0 Å². The van der Waals surface area contributed by atoms with Crippen molar-refractivity contribution in [2.75, 3.05) is 26.3 Å².